The Kier molecular flexibility index (Phi) is 5.48. The summed E-state index contributed by atoms with van der Waals surface area (Å²) in [5, 5.41) is 21.3. The number of nitrogens with one attached hydrogen (secondary N) is 1. The predicted molar refractivity (Wildman–Crippen MR) is 95.0 cm³/mol. The minimum atomic E-state index is -0.404. The van der Waals surface area contributed by atoms with Crippen LogP contribution >= 0.6 is 0 Å². The molecule has 3 rings (SSSR count). The summed E-state index contributed by atoms with van der Waals surface area (Å²) in [6.07, 6.45) is 4.00. The van der Waals surface area contributed by atoms with Gasteiger partial charge in [0.1, 0.15) is 12.2 Å². The Bertz CT molecular complexity index is 728. The van der Waals surface area contributed by atoms with Gasteiger partial charge in [0.2, 0.25) is 5.91 Å². The molecular formula is C19H26N4O2. The van der Waals surface area contributed by atoms with Crippen LogP contribution in [-0.4, -0.2) is 38.4 Å². The van der Waals surface area contributed by atoms with Crippen molar-refractivity contribution in [1.82, 2.24) is 20.1 Å². The molecule has 0 saturated heterocycles. The van der Waals surface area contributed by atoms with E-state index in [0.717, 1.165) is 18.7 Å². The van der Waals surface area contributed by atoms with Crippen molar-refractivity contribution in [2.45, 2.75) is 44.6 Å². The Morgan fingerprint density at radius 2 is 2.16 bits per heavy atom. The van der Waals surface area contributed by atoms with Gasteiger partial charge in [-0.25, -0.2) is 0 Å². The Morgan fingerprint density at radius 1 is 1.36 bits per heavy atom. The standard InChI is InChI=1S/C19H26N4O2/c1-13-5-3-4-6-14(13)7-8-18(25)20-11-16-9-15(10-17(16)24)19-22-21-12-23(19)2/h3-6,12,15-17,24H,7-11H2,1-2H3,(H,20,25)/t15-,16+,17+/m0/s1. The van der Waals surface area contributed by atoms with E-state index in [4.69, 9.17) is 0 Å². The highest BCUT2D eigenvalue weighted by Crippen LogP contribution is 2.37. The zero-order valence-electron chi connectivity index (χ0n) is 14.9. The summed E-state index contributed by atoms with van der Waals surface area (Å²) in [7, 11) is 1.92. The van der Waals surface area contributed by atoms with Crippen LogP contribution in [0.2, 0.25) is 0 Å². The summed E-state index contributed by atoms with van der Waals surface area (Å²) in [6, 6.07) is 8.14. The zero-order chi connectivity index (χ0) is 17.8. The first-order valence-electron chi connectivity index (χ1n) is 8.87. The molecule has 1 aromatic heterocycles. The van der Waals surface area contributed by atoms with Gasteiger partial charge in [0.15, 0.2) is 0 Å². The smallest absolute Gasteiger partial charge is 0.220 e. The lowest BCUT2D eigenvalue weighted by molar-refractivity contribution is -0.121. The number of aliphatic hydroxyl groups excluding tert-OH is 1. The number of benzene rings is 1. The van der Waals surface area contributed by atoms with Crippen molar-refractivity contribution >= 4 is 5.91 Å². The maximum absolute atomic E-state index is 12.1. The van der Waals surface area contributed by atoms with Gasteiger partial charge in [0, 0.05) is 31.8 Å². The number of aromatic nitrogens is 3. The van der Waals surface area contributed by atoms with Gasteiger partial charge >= 0.3 is 0 Å². The summed E-state index contributed by atoms with van der Waals surface area (Å²) in [5.41, 5.74) is 2.42. The highest BCUT2D eigenvalue weighted by molar-refractivity contribution is 5.76. The number of carbonyl (C=O) groups is 1. The number of aryl methyl sites for hydroxylation is 3. The fourth-order valence-electron chi connectivity index (χ4n) is 3.67. The van der Waals surface area contributed by atoms with Gasteiger partial charge < -0.3 is 15.0 Å². The zero-order valence-corrected chi connectivity index (χ0v) is 14.9. The maximum atomic E-state index is 12.1. The molecular weight excluding hydrogens is 316 g/mol. The molecule has 134 valence electrons. The average Bonchev–Trinajstić information content (AvgIpc) is 3.17. The number of hydrogen-bond acceptors (Lipinski definition) is 4. The fraction of sp³-hybridized carbons (Fsp3) is 0.526. The Labute approximate surface area is 148 Å². The largest absolute Gasteiger partial charge is 0.393 e. The number of rotatable bonds is 6. The maximum Gasteiger partial charge on any atom is 0.220 e. The highest BCUT2D eigenvalue weighted by atomic mass is 16.3. The van der Waals surface area contributed by atoms with E-state index in [2.05, 4.69) is 34.6 Å². The van der Waals surface area contributed by atoms with Crippen LogP contribution in [0.1, 0.15) is 42.1 Å². The summed E-state index contributed by atoms with van der Waals surface area (Å²) in [6.45, 7) is 2.58. The highest BCUT2D eigenvalue weighted by Gasteiger charge is 2.35. The summed E-state index contributed by atoms with van der Waals surface area (Å²) >= 11 is 0. The quantitative estimate of drug-likeness (QED) is 0.838. The Balaban J connectivity index is 1.46. The van der Waals surface area contributed by atoms with Crippen LogP contribution in [0.5, 0.6) is 0 Å². The number of hydrogen-bond donors (Lipinski definition) is 2. The van der Waals surface area contributed by atoms with Crippen LogP contribution < -0.4 is 5.32 Å². The molecule has 6 nitrogen and oxygen atoms in total. The van der Waals surface area contributed by atoms with Crippen LogP contribution in [-0.2, 0) is 18.3 Å². The number of carbonyl (C=O) groups excluding carboxylic acids is 1. The topological polar surface area (TPSA) is 80.0 Å². The third-order valence-corrected chi connectivity index (χ3v) is 5.21. The second kappa shape index (κ2) is 7.78. The minimum absolute atomic E-state index is 0.0394. The fourth-order valence-corrected chi connectivity index (χ4v) is 3.67. The normalized spacial score (nSPS) is 22.9. The van der Waals surface area contributed by atoms with Gasteiger partial charge in [0.05, 0.1) is 6.10 Å². The molecule has 1 heterocycles. The molecule has 1 aliphatic carbocycles. The van der Waals surface area contributed by atoms with E-state index in [1.54, 1.807) is 6.33 Å². The molecule has 0 aliphatic heterocycles. The van der Waals surface area contributed by atoms with Gasteiger partial charge in [-0.15, -0.1) is 10.2 Å². The molecule has 2 aromatic rings. The van der Waals surface area contributed by atoms with E-state index in [1.807, 2.05) is 23.7 Å². The van der Waals surface area contributed by atoms with Gasteiger partial charge in [-0.1, -0.05) is 24.3 Å². The second-order valence-corrected chi connectivity index (χ2v) is 7.03. The van der Waals surface area contributed by atoms with Crippen molar-refractivity contribution in [2.75, 3.05) is 6.54 Å². The predicted octanol–water partition coefficient (Wildman–Crippen LogP) is 1.73. The molecule has 0 unspecified atom stereocenters. The molecule has 1 aliphatic rings. The SMILES string of the molecule is Cc1ccccc1CCC(=O)NC[C@H]1C[C@H](c2nncn2C)C[C@H]1O. The third-order valence-electron chi connectivity index (χ3n) is 5.21. The van der Waals surface area contributed by atoms with Crippen molar-refractivity contribution < 1.29 is 9.90 Å². The first-order chi connectivity index (χ1) is 12.0. The molecule has 3 atom stereocenters. The van der Waals surface area contributed by atoms with Crippen molar-refractivity contribution in [1.29, 1.82) is 0 Å². The lowest BCUT2D eigenvalue weighted by atomic mass is 10.0. The molecule has 1 fully saturated rings. The van der Waals surface area contributed by atoms with E-state index >= 15 is 0 Å². The lowest BCUT2D eigenvalue weighted by Gasteiger charge is -2.15. The van der Waals surface area contributed by atoms with Gasteiger partial charge in [0.25, 0.3) is 0 Å². The van der Waals surface area contributed by atoms with E-state index in [1.165, 1.54) is 11.1 Å². The van der Waals surface area contributed by atoms with E-state index in [-0.39, 0.29) is 17.7 Å². The van der Waals surface area contributed by atoms with Crippen molar-refractivity contribution in [3.05, 3.63) is 47.5 Å². The van der Waals surface area contributed by atoms with Crippen LogP contribution in [0, 0.1) is 12.8 Å². The van der Waals surface area contributed by atoms with E-state index in [9.17, 15) is 9.90 Å². The van der Waals surface area contributed by atoms with Crippen LogP contribution in [0.15, 0.2) is 30.6 Å². The summed E-state index contributed by atoms with van der Waals surface area (Å²) in [5.74, 6) is 1.23. The minimum Gasteiger partial charge on any atom is -0.393 e. The second-order valence-electron chi connectivity index (χ2n) is 7.03. The molecule has 25 heavy (non-hydrogen) atoms. The van der Waals surface area contributed by atoms with Crippen molar-refractivity contribution in [2.24, 2.45) is 13.0 Å². The molecule has 1 amide bonds. The lowest BCUT2D eigenvalue weighted by Crippen LogP contribution is -2.32. The first kappa shape index (κ1) is 17.6. The van der Waals surface area contributed by atoms with Gasteiger partial charge in [-0.3, -0.25) is 4.79 Å². The monoisotopic (exact) mass is 342 g/mol. The van der Waals surface area contributed by atoms with Crippen LogP contribution in [0.3, 0.4) is 0 Å². The Morgan fingerprint density at radius 3 is 2.88 bits per heavy atom. The number of aliphatic hydroxyl groups is 1. The van der Waals surface area contributed by atoms with Crippen molar-refractivity contribution in [3.63, 3.8) is 0 Å². The number of nitrogens with zero attached hydrogens (tertiary/aromatic N) is 3. The van der Waals surface area contributed by atoms with Crippen LogP contribution in [0.4, 0.5) is 0 Å². The molecule has 0 bridgehead atoms. The first-order valence-corrected chi connectivity index (χ1v) is 8.87. The van der Waals surface area contributed by atoms with Crippen LogP contribution in [0.25, 0.3) is 0 Å². The van der Waals surface area contributed by atoms with E-state index in [0.29, 0.717) is 19.4 Å². The molecule has 2 N–H and O–H groups in total. The number of amides is 1. The van der Waals surface area contributed by atoms with Gasteiger partial charge in [-0.2, -0.15) is 0 Å². The average molecular weight is 342 g/mol. The molecule has 6 heteroatoms. The molecule has 0 radical (unpaired) electrons. The third kappa shape index (κ3) is 4.25. The summed E-state index contributed by atoms with van der Waals surface area (Å²) < 4.78 is 1.90. The summed E-state index contributed by atoms with van der Waals surface area (Å²) in [4.78, 5) is 12.1. The Hall–Kier alpha value is -2.21. The van der Waals surface area contributed by atoms with Gasteiger partial charge in [-0.05, 0) is 37.3 Å². The molecule has 0 spiro atoms. The van der Waals surface area contributed by atoms with Crippen molar-refractivity contribution in [3.8, 4) is 0 Å². The molecule has 1 aromatic carbocycles. The van der Waals surface area contributed by atoms with E-state index < -0.39 is 6.10 Å². The molecule has 1 saturated carbocycles.